The van der Waals surface area contributed by atoms with Crippen LogP contribution in [0.2, 0.25) is 0 Å². The van der Waals surface area contributed by atoms with Gasteiger partial charge in [-0.05, 0) is 36.6 Å². The summed E-state index contributed by atoms with van der Waals surface area (Å²) in [5, 5.41) is 0. The van der Waals surface area contributed by atoms with Crippen LogP contribution in [0.1, 0.15) is 21.7 Å². The highest BCUT2D eigenvalue weighted by atomic mass is 32.1. The van der Waals surface area contributed by atoms with E-state index in [0.29, 0.717) is 0 Å². The van der Waals surface area contributed by atoms with Gasteiger partial charge in [0.25, 0.3) is 0 Å². The molecule has 0 spiro atoms. The van der Waals surface area contributed by atoms with Gasteiger partial charge in [-0.1, -0.05) is 36.4 Å². The topological polar surface area (TPSA) is 3.24 Å². The van der Waals surface area contributed by atoms with E-state index in [-0.39, 0.29) is 0 Å². The Morgan fingerprint density at radius 2 is 1.95 bits per heavy atom. The van der Waals surface area contributed by atoms with Gasteiger partial charge < -0.3 is 0 Å². The molecule has 1 aliphatic rings. The van der Waals surface area contributed by atoms with E-state index in [9.17, 15) is 0 Å². The maximum absolute atomic E-state index is 2.53. The first-order valence-corrected chi connectivity index (χ1v) is 7.65. The van der Waals surface area contributed by atoms with Crippen molar-refractivity contribution in [2.45, 2.75) is 19.9 Å². The lowest BCUT2D eigenvalue weighted by Crippen LogP contribution is -2.27. The molecule has 0 fully saturated rings. The van der Waals surface area contributed by atoms with Gasteiger partial charge in [0, 0.05) is 29.4 Å². The van der Waals surface area contributed by atoms with Crippen LogP contribution in [0.5, 0.6) is 0 Å². The van der Waals surface area contributed by atoms with Gasteiger partial charge in [0.15, 0.2) is 0 Å². The number of aryl methyl sites for hydroxylation is 1. The van der Waals surface area contributed by atoms with Crippen molar-refractivity contribution >= 4 is 16.9 Å². The van der Waals surface area contributed by atoms with Gasteiger partial charge in [-0.25, -0.2) is 0 Å². The molecule has 1 aliphatic heterocycles. The summed E-state index contributed by atoms with van der Waals surface area (Å²) in [6.07, 6.45) is 3.55. The number of rotatable bonds is 3. The minimum atomic E-state index is 1.07. The molecule has 0 unspecified atom stereocenters. The summed E-state index contributed by atoms with van der Waals surface area (Å²) in [6.45, 7) is 5.51. The smallest absolute Gasteiger partial charge is 0.0331 e. The lowest BCUT2D eigenvalue weighted by Gasteiger charge is -2.26. The van der Waals surface area contributed by atoms with Gasteiger partial charge >= 0.3 is 0 Å². The zero-order chi connectivity index (χ0) is 13.1. The molecule has 2 aromatic rings. The van der Waals surface area contributed by atoms with Crippen molar-refractivity contribution < 1.29 is 0 Å². The molecule has 2 heteroatoms. The fourth-order valence-corrected chi connectivity index (χ4v) is 3.49. The van der Waals surface area contributed by atoms with Gasteiger partial charge in [-0.3, -0.25) is 4.90 Å². The van der Waals surface area contributed by atoms with Crippen molar-refractivity contribution in [2.24, 2.45) is 0 Å². The second-order valence-electron chi connectivity index (χ2n) is 5.09. The van der Waals surface area contributed by atoms with Crippen molar-refractivity contribution in [1.82, 2.24) is 4.90 Å². The van der Waals surface area contributed by atoms with E-state index in [1.807, 2.05) is 11.3 Å². The molecular formula is C17H19NS. The molecule has 0 radical (unpaired) electrons. The van der Waals surface area contributed by atoms with Crippen molar-refractivity contribution in [2.75, 3.05) is 13.1 Å². The first-order valence-electron chi connectivity index (χ1n) is 6.83. The van der Waals surface area contributed by atoms with Gasteiger partial charge in [0.2, 0.25) is 0 Å². The summed E-state index contributed by atoms with van der Waals surface area (Å²) >= 11 is 1.92. The minimum Gasteiger partial charge on any atom is -0.294 e. The highest BCUT2D eigenvalue weighted by Crippen LogP contribution is 2.24. The van der Waals surface area contributed by atoms with Crippen LogP contribution in [0.15, 0.2) is 48.5 Å². The van der Waals surface area contributed by atoms with E-state index >= 15 is 0 Å². The van der Waals surface area contributed by atoms with E-state index in [1.165, 1.54) is 20.9 Å². The summed E-state index contributed by atoms with van der Waals surface area (Å²) < 4.78 is 0. The Hall–Kier alpha value is -1.38. The molecule has 0 saturated carbocycles. The Morgan fingerprint density at radius 3 is 2.58 bits per heavy atom. The molecule has 0 aliphatic carbocycles. The van der Waals surface area contributed by atoms with Gasteiger partial charge in [0.05, 0.1) is 0 Å². The Labute approximate surface area is 119 Å². The highest BCUT2D eigenvalue weighted by Gasteiger charge is 2.13. The number of hydrogen-bond acceptors (Lipinski definition) is 2. The van der Waals surface area contributed by atoms with Gasteiger partial charge in [-0.15, -0.1) is 11.3 Å². The quantitative estimate of drug-likeness (QED) is 0.801. The molecule has 2 heterocycles. The van der Waals surface area contributed by atoms with Crippen LogP contribution in [-0.4, -0.2) is 18.0 Å². The number of hydrogen-bond donors (Lipinski definition) is 0. The highest BCUT2D eigenvalue weighted by molar-refractivity contribution is 7.11. The molecule has 3 rings (SSSR count). The average molecular weight is 269 g/mol. The Morgan fingerprint density at radius 1 is 1.11 bits per heavy atom. The summed E-state index contributed by atoms with van der Waals surface area (Å²) in [5.74, 6) is 0. The fraction of sp³-hybridized carbons (Fsp3) is 0.294. The lowest BCUT2D eigenvalue weighted by molar-refractivity contribution is 0.296. The average Bonchev–Trinajstić information content (AvgIpc) is 2.86. The summed E-state index contributed by atoms with van der Waals surface area (Å²) in [6, 6.07) is 15.2. The van der Waals surface area contributed by atoms with E-state index in [4.69, 9.17) is 0 Å². The van der Waals surface area contributed by atoms with Crippen LogP contribution in [0.25, 0.3) is 5.57 Å². The molecule has 98 valence electrons. The van der Waals surface area contributed by atoms with Crippen molar-refractivity contribution in [1.29, 1.82) is 0 Å². The maximum atomic E-state index is 2.53. The zero-order valence-corrected chi connectivity index (χ0v) is 12.1. The molecule has 19 heavy (non-hydrogen) atoms. The van der Waals surface area contributed by atoms with Crippen LogP contribution >= 0.6 is 11.3 Å². The second kappa shape index (κ2) is 5.72. The van der Waals surface area contributed by atoms with Crippen molar-refractivity contribution in [3.63, 3.8) is 0 Å². The Bertz CT molecular complexity index is 568. The first-order chi connectivity index (χ1) is 9.31. The largest absolute Gasteiger partial charge is 0.294 e. The summed E-state index contributed by atoms with van der Waals surface area (Å²) in [4.78, 5) is 5.42. The molecule has 0 atom stereocenters. The number of thiophene rings is 1. The third-order valence-corrected chi connectivity index (χ3v) is 4.60. The van der Waals surface area contributed by atoms with Crippen LogP contribution < -0.4 is 0 Å². The monoisotopic (exact) mass is 269 g/mol. The number of benzene rings is 1. The molecule has 1 nitrogen and oxygen atoms in total. The third kappa shape index (κ3) is 3.14. The molecule has 0 bridgehead atoms. The van der Waals surface area contributed by atoms with Crippen LogP contribution in [0.4, 0.5) is 0 Å². The Kier molecular flexibility index (Phi) is 3.81. The molecular weight excluding hydrogens is 250 g/mol. The molecule has 0 saturated heterocycles. The maximum Gasteiger partial charge on any atom is 0.0331 e. The third-order valence-electron chi connectivity index (χ3n) is 3.61. The van der Waals surface area contributed by atoms with E-state index in [1.54, 1.807) is 0 Å². The van der Waals surface area contributed by atoms with Crippen LogP contribution in [0.3, 0.4) is 0 Å². The number of nitrogens with zero attached hydrogens (tertiary/aromatic N) is 1. The van der Waals surface area contributed by atoms with Crippen LogP contribution in [0, 0.1) is 6.92 Å². The predicted octanol–water partition coefficient (Wildman–Crippen LogP) is 4.35. The zero-order valence-electron chi connectivity index (χ0n) is 11.3. The Balaban J connectivity index is 1.64. The lowest BCUT2D eigenvalue weighted by atomic mass is 10.00. The summed E-state index contributed by atoms with van der Waals surface area (Å²) in [5.41, 5.74) is 2.88. The first kappa shape index (κ1) is 12.6. The molecule has 0 N–H and O–H groups in total. The molecule has 1 aromatic heterocycles. The van der Waals surface area contributed by atoms with Crippen molar-refractivity contribution in [3.8, 4) is 0 Å². The minimum absolute atomic E-state index is 1.07. The normalized spacial score (nSPS) is 16.4. The fourth-order valence-electron chi connectivity index (χ4n) is 2.56. The summed E-state index contributed by atoms with van der Waals surface area (Å²) in [7, 11) is 0. The molecule has 0 amide bonds. The predicted molar refractivity (Wildman–Crippen MR) is 83.4 cm³/mol. The second-order valence-corrected chi connectivity index (χ2v) is 6.47. The van der Waals surface area contributed by atoms with Gasteiger partial charge in [-0.2, -0.15) is 0 Å². The van der Waals surface area contributed by atoms with Gasteiger partial charge in [0.1, 0.15) is 0 Å². The SMILES string of the molecule is Cc1ccc(CN2CC=C(c3ccccc3)CC2)s1. The molecule has 1 aromatic carbocycles. The standard InChI is InChI=1S/C17H19NS/c1-14-7-8-17(19-14)13-18-11-9-16(10-12-18)15-5-3-2-4-6-15/h2-9H,10-13H2,1H3. The van der Waals surface area contributed by atoms with E-state index in [2.05, 4.69) is 60.4 Å². The van der Waals surface area contributed by atoms with E-state index in [0.717, 1.165) is 26.1 Å². The van der Waals surface area contributed by atoms with Crippen LogP contribution in [-0.2, 0) is 6.54 Å². The van der Waals surface area contributed by atoms with Crippen molar-refractivity contribution in [3.05, 3.63) is 63.9 Å². The van der Waals surface area contributed by atoms with E-state index < -0.39 is 0 Å².